The van der Waals surface area contributed by atoms with Crippen LogP contribution in [0.3, 0.4) is 0 Å². The van der Waals surface area contributed by atoms with Gasteiger partial charge in [0.25, 0.3) is 5.91 Å². The lowest BCUT2D eigenvalue weighted by molar-refractivity contribution is 0.103. The van der Waals surface area contributed by atoms with E-state index in [4.69, 9.17) is 11.6 Å². The molecule has 0 aliphatic rings. The smallest absolute Gasteiger partial charge is 0.269 e. The first-order valence-corrected chi connectivity index (χ1v) is 5.67. The predicted molar refractivity (Wildman–Crippen MR) is 64.1 cm³/mol. The molecule has 2 aromatic rings. The zero-order valence-corrected chi connectivity index (χ0v) is 9.97. The minimum absolute atomic E-state index is 0.222. The van der Waals surface area contributed by atoms with Crippen LogP contribution >= 0.6 is 23.1 Å². The molecule has 0 unspecified atom stereocenters. The zero-order valence-electron chi connectivity index (χ0n) is 8.40. The maximum atomic E-state index is 11.7. The zero-order chi connectivity index (χ0) is 11.5. The Balaban J connectivity index is 2.22. The van der Waals surface area contributed by atoms with Gasteiger partial charge in [0.05, 0.1) is 6.20 Å². The first kappa shape index (κ1) is 11.0. The Morgan fingerprint density at radius 1 is 1.50 bits per heavy atom. The van der Waals surface area contributed by atoms with E-state index < -0.39 is 0 Å². The van der Waals surface area contributed by atoms with Crippen molar-refractivity contribution in [1.29, 1.82) is 0 Å². The van der Waals surface area contributed by atoms with Crippen LogP contribution in [0, 0.1) is 6.92 Å². The van der Waals surface area contributed by atoms with E-state index in [1.165, 1.54) is 6.20 Å². The van der Waals surface area contributed by atoms with E-state index in [0.29, 0.717) is 15.6 Å². The fourth-order valence-corrected chi connectivity index (χ4v) is 1.78. The summed E-state index contributed by atoms with van der Waals surface area (Å²) in [6.45, 7) is 1.85. The Labute approximate surface area is 101 Å². The van der Waals surface area contributed by atoms with Crippen LogP contribution in [-0.2, 0) is 0 Å². The number of amides is 1. The van der Waals surface area contributed by atoms with Gasteiger partial charge in [-0.15, -0.1) is 5.10 Å². The van der Waals surface area contributed by atoms with Gasteiger partial charge < -0.3 is 5.32 Å². The van der Waals surface area contributed by atoms with Gasteiger partial charge in [0.1, 0.15) is 4.88 Å². The second kappa shape index (κ2) is 4.59. The van der Waals surface area contributed by atoms with Gasteiger partial charge in [-0.1, -0.05) is 22.2 Å². The molecule has 0 radical (unpaired) electrons. The Morgan fingerprint density at radius 2 is 2.31 bits per heavy atom. The third-order valence-electron chi connectivity index (χ3n) is 2.10. The first-order chi connectivity index (χ1) is 7.68. The lowest BCUT2D eigenvalue weighted by Crippen LogP contribution is -2.11. The highest BCUT2D eigenvalue weighted by Crippen LogP contribution is 2.23. The normalized spacial score (nSPS) is 10.1. The summed E-state index contributed by atoms with van der Waals surface area (Å²) in [5, 5.41) is 6.99. The highest BCUT2D eigenvalue weighted by Gasteiger charge is 2.10. The quantitative estimate of drug-likeness (QED) is 0.895. The van der Waals surface area contributed by atoms with Gasteiger partial charge in [-0.2, -0.15) is 0 Å². The molecule has 0 saturated carbocycles. The number of carbonyl (C=O) groups is 1. The van der Waals surface area contributed by atoms with E-state index in [1.807, 2.05) is 6.92 Å². The van der Waals surface area contributed by atoms with E-state index >= 15 is 0 Å². The van der Waals surface area contributed by atoms with E-state index in [-0.39, 0.29) is 5.91 Å². The van der Waals surface area contributed by atoms with Crippen LogP contribution < -0.4 is 5.32 Å². The molecular formula is C10H8ClN3OS. The molecule has 1 amide bonds. The van der Waals surface area contributed by atoms with Crippen LogP contribution in [0.2, 0.25) is 5.02 Å². The molecule has 16 heavy (non-hydrogen) atoms. The Bertz CT molecular complexity index is 513. The number of hydrogen-bond donors (Lipinski definition) is 1. The van der Waals surface area contributed by atoms with Crippen LogP contribution in [0.25, 0.3) is 0 Å². The van der Waals surface area contributed by atoms with Gasteiger partial charge >= 0.3 is 0 Å². The number of rotatable bonds is 2. The van der Waals surface area contributed by atoms with Crippen molar-refractivity contribution in [3.05, 3.63) is 39.9 Å². The van der Waals surface area contributed by atoms with Crippen molar-refractivity contribution in [2.24, 2.45) is 0 Å². The molecule has 6 heteroatoms. The molecule has 2 rings (SSSR count). The average molecular weight is 254 g/mol. The second-order valence-electron chi connectivity index (χ2n) is 3.15. The van der Waals surface area contributed by atoms with Crippen LogP contribution in [0.1, 0.15) is 15.2 Å². The Hall–Kier alpha value is -1.46. The van der Waals surface area contributed by atoms with Gasteiger partial charge in [-0.3, -0.25) is 4.79 Å². The molecule has 4 nitrogen and oxygen atoms in total. The lowest BCUT2D eigenvalue weighted by Gasteiger charge is -2.07. The van der Waals surface area contributed by atoms with E-state index in [1.54, 1.807) is 18.2 Å². The summed E-state index contributed by atoms with van der Waals surface area (Å²) in [6.07, 6.45) is 1.43. The molecule has 1 N–H and O–H groups in total. The molecule has 1 heterocycles. The van der Waals surface area contributed by atoms with Crippen molar-refractivity contribution in [3.8, 4) is 0 Å². The summed E-state index contributed by atoms with van der Waals surface area (Å²) >= 11 is 7.00. The molecule has 82 valence electrons. The monoisotopic (exact) mass is 253 g/mol. The van der Waals surface area contributed by atoms with Crippen molar-refractivity contribution >= 4 is 34.7 Å². The molecule has 0 bridgehead atoms. The summed E-state index contributed by atoms with van der Waals surface area (Å²) in [6, 6.07) is 5.37. The van der Waals surface area contributed by atoms with E-state index in [2.05, 4.69) is 14.9 Å². The molecule has 0 aliphatic heterocycles. The maximum absolute atomic E-state index is 11.7. The number of nitrogens with zero attached hydrogens (tertiary/aromatic N) is 2. The summed E-state index contributed by atoms with van der Waals surface area (Å²) in [4.78, 5) is 12.2. The van der Waals surface area contributed by atoms with Crippen LogP contribution in [0.4, 0.5) is 5.69 Å². The molecule has 0 atom stereocenters. The fourth-order valence-electron chi connectivity index (χ4n) is 1.19. The Kier molecular flexibility index (Phi) is 3.17. The van der Waals surface area contributed by atoms with E-state index in [9.17, 15) is 4.79 Å². The molecule has 0 spiro atoms. The SMILES string of the molecule is Cc1c(Cl)cccc1NC(=O)c1cnns1. The summed E-state index contributed by atoms with van der Waals surface area (Å²) < 4.78 is 3.63. The Morgan fingerprint density at radius 3 is 3.00 bits per heavy atom. The molecule has 0 fully saturated rings. The summed E-state index contributed by atoms with van der Waals surface area (Å²) in [5.74, 6) is -0.222. The molecule has 1 aromatic carbocycles. The third-order valence-corrected chi connectivity index (χ3v) is 3.17. The van der Waals surface area contributed by atoms with Crippen LogP contribution in [-0.4, -0.2) is 15.5 Å². The van der Waals surface area contributed by atoms with Crippen molar-refractivity contribution < 1.29 is 4.79 Å². The lowest BCUT2D eigenvalue weighted by atomic mass is 10.2. The molecule has 1 aromatic heterocycles. The number of anilines is 1. The number of nitrogens with one attached hydrogen (secondary N) is 1. The number of aromatic nitrogens is 2. The maximum Gasteiger partial charge on any atom is 0.269 e. The third kappa shape index (κ3) is 2.20. The van der Waals surface area contributed by atoms with Crippen LogP contribution in [0.15, 0.2) is 24.4 Å². The highest BCUT2D eigenvalue weighted by molar-refractivity contribution is 7.07. The van der Waals surface area contributed by atoms with Gasteiger partial charge in [-0.25, -0.2) is 0 Å². The minimum Gasteiger partial charge on any atom is -0.321 e. The first-order valence-electron chi connectivity index (χ1n) is 4.52. The molecular weight excluding hydrogens is 246 g/mol. The van der Waals surface area contributed by atoms with Gasteiger partial charge in [0, 0.05) is 10.7 Å². The van der Waals surface area contributed by atoms with E-state index in [0.717, 1.165) is 17.1 Å². The second-order valence-corrected chi connectivity index (χ2v) is 4.34. The number of benzene rings is 1. The van der Waals surface area contributed by atoms with Crippen molar-refractivity contribution in [2.45, 2.75) is 6.92 Å². The van der Waals surface area contributed by atoms with Gasteiger partial charge in [0.15, 0.2) is 0 Å². The molecule has 0 aliphatic carbocycles. The minimum atomic E-state index is -0.222. The highest BCUT2D eigenvalue weighted by atomic mass is 35.5. The van der Waals surface area contributed by atoms with Crippen LogP contribution in [0.5, 0.6) is 0 Å². The fraction of sp³-hybridized carbons (Fsp3) is 0.100. The summed E-state index contributed by atoms with van der Waals surface area (Å²) in [5.41, 5.74) is 1.54. The standard InChI is InChI=1S/C10H8ClN3OS/c1-6-7(11)3-2-4-8(6)13-10(15)9-5-12-14-16-9/h2-5H,1H3,(H,13,15). The average Bonchev–Trinajstić information content (AvgIpc) is 2.78. The number of halogens is 1. The van der Waals surface area contributed by atoms with Crippen molar-refractivity contribution in [3.63, 3.8) is 0 Å². The number of hydrogen-bond acceptors (Lipinski definition) is 4. The van der Waals surface area contributed by atoms with Gasteiger partial charge in [-0.05, 0) is 36.2 Å². The largest absolute Gasteiger partial charge is 0.321 e. The topological polar surface area (TPSA) is 54.9 Å². The summed E-state index contributed by atoms with van der Waals surface area (Å²) in [7, 11) is 0. The van der Waals surface area contributed by atoms with Crippen molar-refractivity contribution in [2.75, 3.05) is 5.32 Å². The van der Waals surface area contributed by atoms with Crippen molar-refractivity contribution in [1.82, 2.24) is 9.59 Å². The van der Waals surface area contributed by atoms with Gasteiger partial charge in [0.2, 0.25) is 0 Å². The predicted octanol–water partition coefficient (Wildman–Crippen LogP) is 2.75. The molecule has 0 saturated heterocycles. The number of carbonyl (C=O) groups excluding carboxylic acids is 1.